The number of aryl methyl sites for hydroxylation is 1. The summed E-state index contributed by atoms with van der Waals surface area (Å²) in [6, 6.07) is 19.3. The molecule has 1 saturated heterocycles. The van der Waals surface area contributed by atoms with E-state index < -0.39 is 5.41 Å². The molecule has 1 amide bonds. The molecule has 0 aliphatic carbocycles. The molecule has 0 bridgehead atoms. The number of benzene rings is 1. The third-order valence-electron chi connectivity index (χ3n) is 6.72. The molecule has 1 aliphatic heterocycles. The molecule has 4 aromatic rings. The molecule has 39 heavy (non-hydrogen) atoms. The number of hydrogen-bond acceptors (Lipinski definition) is 5. The Morgan fingerprint density at radius 1 is 1.08 bits per heavy atom. The van der Waals surface area contributed by atoms with E-state index in [0.717, 1.165) is 28.5 Å². The molecule has 8 nitrogen and oxygen atoms in total. The van der Waals surface area contributed by atoms with Crippen LogP contribution in [0.5, 0.6) is 5.75 Å². The first-order valence-corrected chi connectivity index (χ1v) is 13.2. The van der Waals surface area contributed by atoms with Crippen LogP contribution >= 0.6 is 12.2 Å². The van der Waals surface area contributed by atoms with Crippen molar-refractivity contribution < 1.29 is 9.53 Å². The van der Waals surface area contributed by atoms with Gasteiger partial charge in [-0.05, 0) is 67.2 Å². The lowest BCUT2D eigenvalue weighted by Gasteiger charge is -2.29. The minimum absolute atomic E-state index is 0.0940. The molecular weight excluding hydrogens is 508 g/mol. The fourth-order valence-electron chi connectivity index (χ4n) is 4.62. The smallest absolute Gasteiger partial charge is 0.229 e. The van der Waals surface area contributed by atoms with E-state index in [0.29, 0.717) is 16.5 Å². The number of rotatable bonds is 6. The molecule has 0 saturated carbocycles. The maximum atomic E-state index is 12.7. The number of anilines is 2. The van der Waals surface area contributed by atoms with Crippen molar-refractivity contribution >= 4 is 34.6 Å². The lowest BCUT2D eigenvalue weighted by molar-refractivity contribution is -0.123. The fraction of sp³-hybridized carbons (Fsp3) is 0.267. The van der Waals surface area contributed by atoms with Crippen molar-refractivity contribution in [1.29, 1.82) is 0 Å². The second-order valence-electron chi connectivity index (χ2n) is 10.6. The lowest BCUT2D eigenvalue weighted by Crippen LogP contribution is -2.30. The Hall–Kier alpha value is -4.24. The monoisotopic (exact) mass is 540 g/mol. The molecule has 3 aromatic heterocycles. The molecule has 2 atom stereocenters. The SMILES string of the molecule is COc1cc(N2C(=S)N[C@@H](c3ccccn3)[C@H]2c2cccn2-c2ccc(C)cn2)ccc1NC(=O)C(C)(C)C. The molecule has 0 unspecified atom stereocenters. The van der Waals surface area contributed by atoms with Gasteiger partial charge in [-0.2, -0.15) is 0 Å². The number of nitrogens with zero attached hydrogens (tertiary/aromatic N) is 4. The molecule has 9 heteroatoms. The van der Waals surface area contributed by atoms with Gasteiger partial charge in [0.05, 0.1) is 24.5 Å². The maximum absolute atomic E-state index is 12.7. The Labute approximate surface area is 234 Å². The minimum Gasteiger partial charge on any atom is -0.494 e. The minimum atomic E-state index is -0.541. The van der Waals surface area contributed by atoms with Crippen molar-refractivity contribution in [1.82, 2.24) is 19.9 Å². The van der Waals surface area contributed by atoms with Gasteiger partial charge in [0.1, 0.15) is 17.6 Å². The van der Waals surface area contributed by atoms with Crippen LogP contribution in [0.15, 0.2) is 79.3 Å². The Morgan fingerprint density at radius 2 is 1.90 bits per heavy atom. The first-order valence-electron chi connectivity index (χ1n) is 12.8. The number of aromatic nitrogens is 3. The van der Waals surface area contributed by atoms with Gasteiger partial charge in [-0.25, -0.2) is 4.98 Å². The third-order valence-corrected chi connectivity index (χ3v) is 7.03. The normalized spacial score (nSPS) is 17.2. The van der Waals surface area contributed by atoms with Crippen molar-refractivity contribution in [2.45, 2.75) is 39.8 Å². The van der Waals surface area contributed by atoms with Crippen molar-refractivity contribution in [2.24, 2.45) is 5.41 Å². The number of methoxy groups -OCH3 is 1. The molecule has 0 spiro atoms. The Morgan fingerprint density at radius 3 is 2.56 bits per heavy atom. The van der Waals surface area contributed by atoms with Gasteiger partial charge in [0.2, 0.25) is 5.91 Å². The van der Waals surface area contributed by atoms with E-state index in [9.17, 15) is 4.79 Å². The van der Waals surface area contributed by atoms with E-state index in [2.05, 4.69) is 36.1 Å². The average Bonchev–Trinajstić information content (AvgIpc) is 3.53. The molecule has 1 aliphatic rings. The summed E-state index contributed by atoms with van der Waals surface area (Å²) in [6.07, 6.45) is 5.66. The number of thiocarbonyl (C=S) groups is 1. The Kier molecular flexibility index (Phi) is 7.10. The summed E-state index contributed by atoms with van der Waals surface area (Å²) in [5.74, 6) is 1.27. The van der Waals surface area contributed by atoms with Crippen molar-refractivity contribution in [3.05, 3.63) is 96.2 Å². The van der Waals surface area contributed by atoms with Gasteiger partial charge in [0.15, 0.2) is 5.11 Å². The quantitative estimate of drug-likeness (QED) is 0.302. The topological polar surface area (TPSA) is 84.3 Å². The van der Waals surface area contributed by atoms with Crippen LogP contribution in [0.3, 0.4) is 0 Å². The van der Waals surface area contributed by atoms with E-state index in [1.54, 1.807) is 13.3 Å². The number of carbonyl (C=O) groups excluding carboxylic acids is 1. The molecule has 1 fully saturated rings. The highest BCUT2D eigenvalue weighted by Gasteiger charge is 2.42. The second-order valence-corrected chi connectivity index (χ2v) is 11.0. The fourth-order valence-corrected chi connectivity index (χ4v) is 4.97. The number of hydrogen-bond donors (Lipinski definition) is 2. The number of carbonyl (C=O) groups is 1. The Balaban J connectivity index is 1.60. The van der Waals surface area contributed by atoms with Gasteiger partial charge in [-0.1, -0.05) is 32.9 Å². The predicted octanol–water partition coefficient (Wildman–Crippen LogP) is 5.75. The molecule has 0 radical (unpaired) electrons. The van der Waals surface area contributed by atoms with E-state index in [-0.39, 0.29) is 18.0 Å². The van der Waals surface area contributed by atoms with Gasteiger partial charge in [-0.15, -0.1) is 0 Å². The molecule has 4 heterocycles. The van der Waals surface area contributed by atoms with Crippen LogP contribution in [0.4, 0.5) is 11.4 Å². The summed E-state index contributed by atoms with van der Waals surface area (Å²) in [5.41, 5.74) is 3.85. The first kappa shape index (κ1) is 26.4. The van der Waals surface area contributed by atoms with Gasteiger partial charge in [0, 0.05) is 41.5 Å². The molecule has 200 valence electrons. The van der Waals surface area contributed by atoms with Gasteiger partial charge < -0.3 is 24.8 Å². The third kappa shape index (κ3) is 5.22. The van der Waals surface area contributed by atoms with Crippen LogP contribution in [0.25, 0.3) is 5.82 Å². The summed E-state index contributed by atoms with van der Waals surface area (Å²) in [5, 5.41) is 7.05. The zero-order chi connectivity index (χ0) is 27.7. The zero-order valence-electron chi connectivity index (χ0n) is 22.7. The van der Waals surface area contributed by atoms with E-state index >= 15 is 0 Å². The van der Waals surface area contributed by atoms with Gasteiger partial charge >= 0.3 is 0 Å². The van der Waals surface area contributed by atoms with Crippen LogP contribution in [-0.2, 0) is 4.79 Å². The lowest BCUT2D eigenvalue weighted by atomic mass is 9.95. The van der Waals surface area contributed by atoms with Gasteiger partial charge in [-0.3, -0.25) is 9.78 Å². The second kappa shape index (κ2) is 10.5. The summed E-state index contributed by atoms with van der Waals surface area (Å²) in [6.45, 7) is 7.64. The van der Waals surface area contributed by atoms with Crippen LogP contribution in [0, 0.1) is 12.3 Å². The summed E-state index contributed by atoms with van der Waals surface area (Å²) < 4.78 is 7.78. The van der Waals surface area contributed by atoms with Crippen molar-refractivity contribution in [2.75, 3.05) is 17.3 Å². The van der Waals surface area contributed by atoms with Crippen LogP contribution in [0.1, 0.15) is 49.8 Å². The van der Waals surface area contributed by atoms with E-state index in [4.69, 9.17) is 17.0 Å². The van der Waals surface area contributed by atoms with E-state index in [1.165, 1.54) is 0 Å². The number of pyridine rings is 2. The zero-order valence-corrected chi connectivity index (χ0v) is 23.5. The highest BCUT2D eigenvalue weighted by atomic mass is 32.1. The molecule has 5 rings (SSSR count). The average molecular weight is 541 g/mol. The standard InChI is InChI=1S/C30H32N6O2S/c1-19-11-14-25(32-18-19)35-16-8-10-23(35)27-26(22-9-6-7-15-31-22)34-29(39)36(27)20-12-13-21(24(17-20)38-5)33-28(37)30(2,3)4/h6-18,26-27H,1-5H3,(H,33,37)(H,34,39)/t26-,27+/m0/s1. The van der Waals surface area contributed by atoms with Crippen LogP contribution in [-0.4, -0.2) is 32.7 Å². The predicted molar refractivity (Wildman–Crippen MR) is 157 cm³/mol. The summed E-state index contributed by atoms with van der Waals surface area (Å²) in [4.78, 5) is 24.1. The summed E-state index contributed by atoms with van der Waals surface area (Å²) >= 11 is 5.91. The number of amides is 1. The van der Waals surface area contributed by atoms with E-state index in [1.807, 2.05) is 94.7 Å². The van der Waals surface area contributed by atoms with Gasteiger partial charge in [0.25, 0.3) is 0 Å². The van der Waals surface area contributed by atoms with Crippen molar-refractivity contribution in [3.63, 3.8) is 0 Å². The van der Waals surface area contributed by atoms with Crippen LogP contribution in [0.2, 0.25) is 0 Å². The molecular formula is C30H32N6O2S. The number of nitrogens with one attached hydrogen (secondary N) is 2. The Bertz CT molecular complexity index is 1490. The first-order chi connectivity index (χ1) is 18.7. The largest absolute Gasteiger partial charge is 0.494 e. The maximum Gasteiger partial charge on any atom is 0.229 e. The number of ether oxygens (including phenoxy) is 1. The molecule has 2 N–H and O–H groups in total. The summed E-state index contributed by atoms with van der Waals surface area (Å²) in [7, 11) is 1.59. The van der Waals surface area contributed by atoms with Crippen molar-refractivity contribution in [3.8, 4) is 11.6 Å². The molecule has 1 aromatic carbocycles. The van der Waals surface area contributed by atoms with Crippen LogP contribution < -0.4 is 20.3 Å². The highest BCUT2D eigenvalue weighted by molar-refractivity contribution is 7.80. The highest BCUT2D eigenvalue weighted by Crippen LogP contribution is 2.44.